The number of anilines is 1. The van der Waals surface area contributed by atoms with Gasteiger partial charge < -0.3 is 20.7 Å². The van der Waals surface area contributed by atoms with Crippen molar-refractivity contribution in [2.24, 2.45) is 0 Å². The molecule has 8 heteroatoms. The standard InChI is InChI=1S/C20H27N5O3/c1-14-12-15(2)25(24-14)10-9-21-20(27)23-17-7-5-16(6-8-17)19(26)22-13-18-4-3-11-28-18/h5-8,12,18H,3-4,9-11,13H2,1-2H3,(H,22,26)(H2,21,23,27)/t18-/m1/s1. The zero-order chi connectivity index (χ0) is 19.9. The van der Waals surface area contributed by atoms with Gasteiger partial charge in [0.25, 0.3) is 5.91 Å². The Hall–Kier alpha value is -2.87. The highest BCUT2D eigenvalue weighted by molar-refractivity contribution is 5.95. The number of carbonyl (C=O) groups excluding carboxylic acids is 2. The van der Waals surface area contributed by atoms with E-state index in [-0.39, 0.29) is 18.0 Å². The van der Waals surface area contributed by atoms with E-state index in [0.29, 0.717) is 30.9 Å². The molecule has 8 nitrogen and oxygen atoms in total. The minimum Gasteiger partial charge on any atom is -0.376 e. The molecule has 0 saturated carbocycles. The number of amides is 3. The molecule has 1 aliphatic rings. The topological polar surface area (TPSA) is 97.3 Å². The predicted molar refractivity (Wildman–Crippen MR) is 106 cm³/mol. The first-order valence-corrected chi connectivity index (χ1v) is 9.57. The van der Waals surface area contributed by atoms with Crippen LogP contribution in [0.25, 0.3) is 0 Å². The van der Waals surface area contributed by atoms with Crippen molar-refractivity contribution in [1.82, 2.24) is 20.4 Å². The third-order valence-electron chi connectivity index (χ3n) is 4.63. The second-order valence-electron chi connectivity index (χ2n) is 6.95. The van der Waals surface area contributed by atoms with Gasteiger partial charge in [0.2, 0.25) is 0 Å². The molecular weight excluding hydrogens is 358 g/mol. The summed E-state index contributed by atoms with van der Waals surface area (Å²) < 4.78 is 7.36. The molecule has 1 aliphatic heterocycles. The molecule has 2 heterocycles. The molecule has 28 heavy (non-hydrogen) atoms. The van der Waals surface area contributed by atoms with Crippen molar-refractivity contribution in [2.45, 2.75) is 39.3 Å². The summed E-state index contributed by atoms with van der Waals surface area (Å²) >= 11 is 0. The Morgan fingerprint density at radius 3 is 2.64 bits per heavy atom. The van der Waals surface area contributed by atoms with E-state index in [0.717, 1.165) is 30.8 Å². The Morgan fingerprint density at radius 1 is 1.21 bits per heavy atom. The lowest BCUT2D eigenvalue weighted by atomic mass is 10.2. The summed E-state index contributed by atoms with van der Waals surface area (Å²) in [7, 11) is 0. The number of ether oxygens (including phenoxy) is 1. The Morgan fingerprint density at radius 2 is 2.00 bits per heavy atom. The summed E-state index contributed by atoms with van der Waals surface area (Å²) in [6.45, 7) is 6.30. The fourth-order valence-corrected chi connectivity index (χ4v) is 3.17. The van der Waals surface area contributed by atoms with Gasteiger partial charge in [-0.2, -0.15) is 5.10 Å². The number of carbonyl (C=O) groups is 2. The van der Waals surface area contributed by atoms with Gasteiger partial charge in [-0.05, 0) is 57.0 Å². The number of rotatable bonds is 7. The zero-order valence-electron chi connectivity index (χ0n) is 16.3. The van der Waals surface area contributed by atoms with Crippen LogP contribution in [-0.4, -0.2) is 47.5 Å². The number of hydrogen-bond donors (Lipinski definition) is 3. The third-order valence-corrected chi connectivity index (χ3v) is 4.63. The average molecular weight is 385 g/mol. The number of nitrogens with one attached hydrogen (secondary N) is 3. The van der Waals surface area contributed by atoms with E-state index in [4.69, 9.17) is 4.74 Å². The SMILES string of the molecule is Cc1cc(C)n(CCNC(=O)Nc2ccc(C(=O)NC[C@H]3CCCO3)cc2)n1. The van der Waals surface area contributed by atoms with Crippen LogP contribution in [0.3, 0.4) is 0 Å². The average Bonchev–Trinajstić information content (AvgIpc) is 3.30. The van der Waals surface area contributed by atoms with E-state index in [9.17, 15) is 9.59 Å². The second kappa shape index (κ2) is 9.36. The smallest absolute Gasteiger partial charge is 0.319 e. The molecule has 1 fully saturated rings. The minimum atomic E-state index is -0.294. The zero-order valence-corrected chi connectivity index (χ0v) is 16.3. The van der Waals surface area contributed by atoms with Gasteiger partial charge in [-0.25, -0.2) is 4.79 Å². The Labute approximate surface area is 164 Å². The third kappa shape index (κ3) is 5.56. The number of aromatic nitrogens is 2. The highest BCUT2D eigenvalue weighted by Gasteiger charge is 2.16. The van der Waals surface area contributed by atoms with E-state index in [2.05, 4.69) is 21.0 Å². The summed E-state index contributed by atoms with van der Waals surface area (Å²) in [5, 5.41) is 12.8. The molecule has 150 valence electrons. The summed E-state index contributed by atoms with van der Waals surface area (Å²) in [5.74, 6) is -0.142. The van der Waals surface area contributed by atoms with Crippen LogP contribution < -0.4 is 16.0 Å². The van der Waals surface area contributed by atoms with Gasteiger partial charge in [-0.15, -0.1) is 0 Å². The molecule has 0 unspecified atom stereocenters. The van der Waals surface area contributed by atoms with Crippen LogP contribution in [0.1, 0.15) is 34.6 Å². The number of urea groups is 1. The Kier molecular flexibility index (Phi) is 6.65. The number of nitrogens with zero attached hydrogens (tertiary/aromatic N) is 2. The summed E-state index contributed by atoms with van der Waals surface area (Å²) in [5.41, 5.74) is 3.20. The van der Waals surface area contributed by atoms with Gasteiger partial charge >= 0.3 is 6.03 Å². The summed E-state index contributed by atoms with van der Waals surface area (Å²) in [6.07, 6.45) is 2.14. The molecule has 3 N–H and O–H groups in total. The van der Waals surface area contributed by atoms with Crippen LogP contribution in [0.2, 0.25) is 0 Å². The summed E-state index contributed by atoms with van der Waals surface area (Å²) in [4.78, 5) is 24.2. The molecule has 3 rings (SSSR count). The second-order valence-corrected chi connectivity index (χ2v) is 6.95. The van der Waals surface area contributed by atoms with Gasteiger partial charge in [-0.3, -0.25) is 9.48 Å². The van der Waals surface area contributed by atoms with E-state index >= 15 is 0 Å². The molecule has 0 aliphatic carbocycles. The van der Waals surface area contributed by atoms with E-state index in [1.54, 1.807) is 24.3 Å². The maximum Gasteiger partial charge on any atom is 0.319 e. The first kappa shape index (κ1) is 19.9. The highest BCUT2D eigenvalue weighted by Crippen LogP contribution is 2.12. The lowest BCUT2D eigenvalue weighted by Gasteiger charge is -2.11. The molecule has 1 saturated heterocycles. The van der Waals surface area contributed by atoms with Crippen LogP contribution in [-0.2, 0) is 11.3 Å². The first-order chi connectivity index (χ1) is 13.5. The van der Waals surface area contributed by atoms with Crippen LogP contribution >= 0.6 is 0 Å². The number of aryl methyl sites for hydroxylation is 2. The fraction of sp³-hybridized carbons (Fsp3) is 0.450. The normalized spacial score (nSPS) is 16.0. The van der Waals surface area contributed by atoms with Gasteiger partial charge in [0.05, 0.1) is 18.3 Å². The summed E-state index contributed by atoms with van der Waals surface area (Å²) in [6, 6.07) is 8.51. The van der Waals surface area contributed by atoms with E-state index in [1.807, 2.05) is 24.6 Å². The maximum absolute atomic E-state index is 12.2. The molecule has 0 spiro atoms. The molecule has 0 radical (unpaired) electrons. The predicted octanol–water partition coefficient (Wildman–Crippen LogP) is 2.23. The van der Waals surface area contributed by atoms with Gasteiger partial charge in [0, 0.05) is 36.6 Å². The lowest BCUT2D eigenvalue weighted by Crippen LogP contribution is -2.32. The van der Waals surface area contributed by atoms with Crippen LogP contribution in [0.15, 0.2) is 30.3 Å². The van der Waals surface area contributed by atoms with Crippen molar-refractivity contribution in [3.63, 3.8) is 0 Å². The monoisotopic (exact) mass is 385 g/mol. The molecule has 3 amide bonds. The van der Waals surface area contributed by atoms with Gasteiger partial charge in [-0.1, -0.05) is 0 Å². The quantitative estimate of drug-likeness (QED) is 0.681. The van der Waals surface area contributed by atoms with Crippen molar-refractivity contribution in [3.05, 3.63) is 47.3 Å². The molecule has 1 atom stereocenters. The first-order valence-electron chi connectivity index (χ1n) is 9.57. The molecule has 2 aromatic rings. The van der Waals surface area contributed by atoms with Crippen molar-refractivity contribution in [2.75, 3.05) is 25.0 Å². The minimum absolute atomic E-state index is 0.114. The van der Waals surface area contributed by atoms with Crippen molar-refractivity contribution >= 4 is 17.6 Å². The molecule has 0 bridgehead atoms. The van der Waals surface area contributed by atoms with Gasteiger partial charge in [0.1, 0.15) is 0 Å². The van der Waals surface area contributed by atoms with Crippen LogP contribution in [0.5, 0.6) is 0 Å². The molecule has 1 aromatic heterocycles. The van der Waals surface area contributed by atoms with Gasteiger partial charge in [0.15, 0.2) is 0 Å². The number of hydrogen-bond acceptors (Lipinski definition) is 4. The Bertz CT molecular complexity index is 810. The van der Waals surface area contributed by atoms with Crippen molar-refractivity contribution in [1.29, 1.82) is 0 Å². The van der Waals surface area contributed by atoms with Crippen LogP contribution in [0, 0.1) is 13.8 Å². The Balaban J connectivity index is 1.40. The van der Waals surface area contributed by atoms with Crippen LogP contribution in [0.4, 0.5) is 10.5 Å². The van der Waals surface area contributed by atoms with E-state index < -0.39 is 0 Å². The lowest BCUT2D eigenvalue weighted by molar-refractivity contribution is 0.0858. The highest BCUT2D eigenvalue weighted by atomic mass is 16.5. The molecular formula is C20H27N5O3. The van der Waals surface area contributed by atoms with E-state index in [1.165, 1.54) is 0 Å². The fourth-order valence-electron chi connectivity index (χ4n) is 3.17. The number of benzene rings is 1. The van der Waals surface area contributed by atoms with Crippen molar-refractivity contribution < 1.29 is 14.3 Å². The molecule has 1 aromatic carbocycles. The maximum atomic E-state index is 12.2. The van der Waals surface area contributed by atoms with Crippen molar-refractivity contribution in [3.8, 4) is 0 Å². The largest absolute Gasteiger partial charge is 0.376 e.